The van der Waals surface area contributed by atoms with Crippen molar-refractivity contribution in [1.29, 1.82) is 0 Å². The van der Waals surface area contributed by atoms with E-state index in [-0.39, 0.29) is 12.0 Å². The molecule has 0 aromatic heterocycles. The molecule has 166 valence electrons. The van der Waals surface area contributed by atoms with E-state index >= 15 is 0 Å². The fraction of sp³-hybridized carbons (Fsp3) is 0.600. The Kier molecular flexibility index (Phi) is 8.80. The summed E-state index contributed by atoms with van der Waals surface area (Å²) in [5, 5.41) is 19.7. The monoisotopic (exact) mass is 416 g/mol. The number of aliphatic hydroxyl groups excluding tert-OH is 2. The molecule has 3 atom stereocenters. The highest BCUT2D eigenvalue weighted by Crippen LogP contribution is 2.43. The molecule has 5 heteroatoms. The van der Waals surface area contributed by atoms with Gasteiger partial charge in [0.05, 0.1) is 6.10 Å². The minimum Gasteiger partial charge on any atom is -0.429 e. The van der Waals surface area contributed by atoms with Gasteiger partial charge < -0.3 is 14.9 Å². The summed E-state index contributed by atoms with van der Waals surface area (Å²) in [4.78, 5) is 22.5. The molecule has 1 aliphatic heterocycles. The summed E-state index contributed by atoms with van der Waals surface area (Å²) in [6, 6.07) is 0. The summed E-state index contributed by atoms with van der Waals surface area (Å²) in [5.74, 6) is -0.0447. The van der Waals surface area contributed by atoms with E-state index in [4.69, 9.17) is 0 Å². The number of aliphatic hydroxyl groups is 2. The Bertz CT molecular complexity index is 754. The first-order valence-corrected chi connectivity index (χ1v) is 10.9. The lowest BCUT2D eigenvalue weighted by atomic mass is 9.67. The van der Waals surface area contributed by atoms with Crippen LogP contribution in [0.1, 0.15) is 72.6 Å². The van der Waals surface area contributed by atoms with Gasteiger partial charge in [-0.25, -0.2) is 4.79 Å². The van der Waals surface area contributed by atoms with Crippen LogP contribution in [-0.4, -0.2) is 34.9 Å². The third-order valence-electron chi connectivity index (χ3n) is 6.44. The third-order valence-corrected chi connectivity index (χ3v) is 6.44. The van der Waals surface area contributed by atoms with E-state index in [9.17, 15) is 19.8 Å². The zero-order valence-corrected chi connectivity index (χ0v) is 18.7. The summed E-state index contributed by atoms with van der Waals surface area (Å²) in [6.07, 6.45) is 11.8. The Morgan fingerprint density at radius 3 is 2.67 bits per heavy atom. The van der Waals surface area contributed by atoms with Crippen LogP contribution >= 0.6 is 0 Å². The van der Waals surface area contributed by atoms with E-state index in [2.05, 4.69) is 44.6 Å². The maximum Gasteiger partial charge on any atom is 0.333 e. The van der Waals surface area contributed by atoms with Crippen molar-refractivity contribution in [3.63, 3.8) is 0 Å². The Morgan fingerprint density at radius 2 is 2.07 bits per heavy atom. The van der Waals surface area contributed by atoms with Gasteiger partial charge in [0.1, 0.15) is 6.29 Å². The van der Waals surface area contributed by atoms with E-state index in [1.165, 1.54) is 24.0 Å². The molecule has 0 unspecified atom stereocenters. The van der Waals surface area contributed by atoms with Gasteiger partial charge in [0.25, 0.3) is 0 Å². The molecule has 0 saturated carbocycles. The Morgan fingerprint density at radius 1 is 1.33 bits per heavy atom. The molecule has 2 aliphatic rings. The number of esters is 1. The summed E-state index contributed by atoms with van der Waals surface area (Å²) < 4.78 is 4.57. The second-order valence-corrected chi connectivity index (χ2v) is 9.24. The number of ether oxygens (including phenoxy) is 1. The number of carbonyl (C=O) groups excluding carboxylic acids is 2. The van der Waals surface area contributed by atoms with Gasteiger partial charge in [0.15, 0.2) is 0 Å². The zero-order chi connectivity index (χ0) is 22.3. The van der Waals surface area contributed by atoms with Gasteiger partial charge in [0.2, 0.25) is 6.29 Å². The van der Waals surface area contributed by atoms with Crippen molar-refractivity contribution in [3.05, 3.63) is 46.6 Å². The van der Waals surface area contributed by atoms with Crippen LogP contribution in [0.5, 0.6) is 0 Å². The van der Waals surface area contributed by atoms with Crippen molar-refractivity contribution in [1.82, 2.24) is 0 Å². The van der Waals surface area contributed by atoms with Gasteiger partial charge in [-0.2, -0.15) is 0 Å². The molecule has 0 spiro atoms. The Labute approximate surface area is 180 Å². The predicted molar refractivity (Wildman–Crippen MR) is 117 cm³/mol. The molecule has 1 heterocycles. The van der Waals surface area contributed by atoms with Gasteiger partial charge in [-0.3, -0.25) is 4.79 Å². The van der Waals surface area contributed by atoms with Crippen molar-refractivity contribution < 1.29 is 24.5 Å². The fourth-order valence-corrected chi connectivity index (χ4v) is 4.47. The number of allylic oxidation sites excluding steroid dienone is 5. The van der Waals surface area contributed by atoms with E-state index in [1.54, 1.807) is 6.08 Å². The number of carbonyl (C=O) groups is 2. The molecular formula is C25H36O5. The lowest BCUT2D eigenvalue weighted by molar-refractivity contribution is -0.151. The highest BCUT2D eigenvalue weighted by atomic mass is 16.6. The third kappa shape index (κ3) is 6.78. The zero-order valence-electron chi connectivity index (χ0n) is 18.7. The molecule has 0 amide bonds. The number of rotatable bonds is 10. The molecule has 0 bridgehead atoms. The van der Waals surface area contributed by atoms with Crippen LogP contribution in [0.15, 0.2) is 46.6 Å². The van der Waals surface area contributed by atoms with Crippen molar-refractivity contribution in [2.75, 3.05) is 0 Å². The summed E-state index contributed by atoms with van der Waals surface area (Å²) in [5.41, 5.74) is 3.94. The highest BCUT2D eigenvalue weighted by molar-refractivity contribution is 5.85. The molecule has 2 N–H and O–H groups in total. The molecule has 0 saturated heterocycles. The van der Waals surface area contributed by atoms with Crippen LogP contribution in [-0.2, 0) is 14.3 Å². The Hall–Kier alpha value is -1.98. The standard InChI is InChI=1S/C25H36O5/c1-17(10-12-21-18(2)8-6-14-25(21,3)4)7-5-9-19(16-26)11-13-22(27)20-15-23(28)30-24(20)29/h7-8,11,15-16,21-22,24,27,29H,5-6,9-10,12-14H2,1-4H3/b17-7+,19-11+/t21-,22-,24-/m1/s1. The van der Waals surface area contributed by atoms with E-state index in [1.807, 2.05) is 0 Å². The average molecular weight is 417 g/mol. The molecule has 0 fully saturated rings. The van der Waals surface area contributed by atoms with Crippen LogP contribution in [0, 0.1) is 11.3 Å². The summed E-state index contributed by atoms with van der Waals surface area (Å²) in [6.45, 7) is 9.13. The second-order valence-electron chi connectivity index (χ2n) is 9.24. The van der Waals surface area contributed by atoms with Crippen molar-refractivity contribution in [2.24, 2.45) is 11.3 Å². The van der Waals surface area contributed by atoms with Crippen LogP contribution in [0.3, 0.4) is 0 Å². The van der Waals surface area contributed by atoms with Crippen molar-refractivity contribution in [2.45, 2.75) is 85.0 Å². The minimum absolute atomic E-state index is 0.132. The van der Waals surface area contributed by atoms with Crippen LogP contribution < -0.4 is 0 Å². The number of hydrogen-bond acceptors (Lipinski definition) is 5. The molecule has 30 heavy (non-hydrogen) atoms. The molecule has 1 aliphatic carbocycles. The lowest BCUT2D eigenvalue weighted by Crippen LogP contribution is -2.27. The molecule has 2 rings (SSSR count). The maximum atomic E-state index is 11.4. The normalized spacial score (nSPS) is 25.5. The molecule has 0 aromatic carbocycles. The van der Waals surface area contributed by atoms with E-state index in [0.29, 0.717) is 23.3 Å². The average Bonchev–Trinajstić information content (AvgIpc) is 3.01. The first kappa shape index (κ1) is 24.3. The topological polar surface area (TPSA) is 83.8 Å². The first-order valence-electron chi connectivity index (χ1n) is 10.9. The van der Waals surface area contributed by atoms with Gasteiger partial charge >= 0.3 is 5.97 Å². The van der Waals surface area contributed by atoms with Gasteiger partial charge in [0, 0.05) is 11.6 Å². The lowest BCUT2D eigenvalue weighted by Gasteiger charge is -2.38. The van der Waals surface area contributed by atoms with Crippen LogP contribution in [0.2, 0.25) is 0 Å². The number of cyclic esters (lactones) is 1. The van der Waals surface area contributed by atoms with Crippen LogP contribution in [0.25, 0.3) is 0 Å². The molecule has 0 radical (unpaired) electrons. The SMILES string of the molecule is CC1=CCCC(C)(C)[C@@H]1CC/C(C)=C/CC/C(C=O)=C\C[C@@H](O)C1=CC(=O)O[C@H]1O. The Balaban J connectivity index is 1.82. The van der Waals surface area contributed by atoms with E-state index < -0.39 is 18.4 Å². The van der Waals surface area contributed by atoms with Crippen molar-refractivity contribution >= 4 is 12.3 Å². The smallest absolute Gasteiger partial charge is 0.333 e. The quantitative estimate of drug-likeness (QED) is 0.236. The fourth-order valence-electron chi connectivity index (χ4n) is 4.47. The molecule has 5 nitrogen and oxygen atoms in total. The largest absolute Gasteiger partial charge is 0.429 e. The summed E-state index contributed by atoms with van der Waals surface area (Å²) in [7, 11) is 0. The second kappa shape index (κ2) is 10.9. The van der Waals surface area contributed by atoms with E-state index in [0.717, 1.165) is 31.6 Å². The predicted octanol–water partition coefficient (Wildman–Crippen LogP) is 4.55. The number of aldehydes is 1. The minimum atomic E-state index is -1.40. The van der Waals surface area contributed by atoms with Crippen LogP contribution in [0.4, 0.5) is 0 Å². The van der Waals surface area contributed by atoms with Gasteiger partial charge in [-0.1, -0.05) is 43.2 Å². The maximum absolute atomic E-state index is 11.4. The van der Waals surface area contributed by atoms with Gasteiger partial charge in [-0.15, -0.1) is 0 Å². The van der Waals surface area contributed by atoms with Gasteiger partial charge in [-0.05, 0) is 75.7 Å². The first-order chi connectivity index (χ1) is 14.1. The molecule has 0 aromatic rings. The summed E-state index contributed by atoms with van der Waals surface area (Å²) >= 11 is 0. The highest BCUT2D eigenvalue weighted by Gasteiger charge is 2.32. The van der Waals surface area contributed by atoms with Crippen molar-refractivity contribution in [3.8, 4) is 0 Å². The molecular weight excluding hydrogens is 380 g/mol. The number of hydrogen-bond donors (Lipinski definition) is 2.